The molecule has 36 heavy (non-hydrogen) atoms. The zero-order chi connectivity index (χ0) is 26.1. The number of nitrogens with zero attached hydrogens (tertiary/aromatic N) is 1. The summed E-state index contributed by atoms with van der Waals surface area (Å²) in [5.74, 6) is 0.326. The number of nitrogens with one attached hydrogen (secondary N) is 1. The summed E-state index contributed by atoms with van der Waals surface area (Å²) < 4.78 is 0.979. The molecule has 0 bridgehead atoms. The molecule has 0 unspecified atom stereocenters. The first kappa shape index (κ1) is 27.7. The van der Waals surface area contributed by atoms with Crippen LogP contribution in [0.1, 0.15) is 62.3 Å². The van der Waals surface area contributed by atoms with Gasteiger partial charge < -0.3 is 10.2 Å². The monoisotopic (exact) mass is 548 g/mol. The summed E-state index contributed by atoms with van der Waals surface area (Å²) in [7, 11) is 0. The fourth-order valence-electron chi connectivity index (χ4n) is 4.19. The fourth-order valence-corrected chi connectivity index (χ4v) is 4.45. The van der Waals surface area contributed by atoms with Gasteiger partial charge in [-0.05, 0) is 60.6 Å². The van der Waals surface area contributed by atoms with Crippen LogP contribution in [0.4, 0.5) is 0 Å². The molecule has 4 nitrogen and oxygen atoms in total. The van der Waals surface area contributed by atoms with Crippen LogP contribution in [0.15, 0.2) is 83.3 Å². The van der Waals surface area contributed by atoms with E-state index in [0.717, 1.165) is 21.2 Å². The Balaban J connectivity index is 1.87. The lowest BCUT2D eigenvalue weighted by atomic mass is 9.99. The summed E-state index contributed by atoms with van der Waals surface area (Å²) in [6.07, 6.45) is 1.44. The van der Waals surface area contributed by atoms with Crippen molar-refractivity contribution in [2.24, 2.45) is 0 Å². The van der Waals surface area contributed by atoms with E-state index in [-0.39, 0.29) is 17.9 Å². The van der Waals surface area contributed by atoms with Crippen molar-refractivity contribution >= 4 is 27.7 Å². The van der Waals surface area contributed by atoms with Gasteiger partial charge in [-0.25, -0.2) is 0 Å². The third-order valence-electron chi connectivity index (χ3n) is 6.24. The molecule has 0 radical (unpaired) electrons. The lowest BCUT2D eigenvalue weighted by Gasteiger charge is -2.32. The Morgan fingerprint density at radius 2 is 1.42 bits per heavy atom. The van der Waals surface area contributed by atoms with Crippen LogP contribution in [-0.2, 0) is 29.0 Å². The molecule has 0 heterocycles. The van der Waals surface area contributed by atoms with Crippen molar-refractivity contribution < 1.29 is 9.59 Å². The van der Waals surface area contributed by atoms with Crippen molar-refractivity contribution in [1.82, 2.24) is 10.2 Å². The molecule has 0 spiro atoms. The molecule has 190 valence electrons. The van der Waals surface area contributed by atoms with Gasteiger partial charge in [-0.15, -0.1) is 0 Å². The molecule has 3 rings (SSSR count). The molecule has 1 atom stereocenters. The van der Waals surface area contributed by atoms with Crippen molar-refractivity contribution in [2.45, 2.75) is 71.5 Å². The van der Waals surface area contributed by atoms with Gasteiger partial charge in [-0.2, -0.15) is 0 Å². The van der Waals surface area contributed by atoms with E-state index < -0.39 is 6.04 Å². The van der Waals surface area contributed by atoms with Gasteiger partial charge in [0.05, 0.1) is 0 Å². The number of hydrogen-bond donors (Lipinski definition) is 1. The minimum atomic E-state index is -0.603. The maximum absolute atomic E-state index is 13.7. The van der Waals surface area contributed by atoms with Gasteiger partial charge >= 0.3 is 0 Å². The van der Waals surface area contributed by atoms with Crippen LogP contribution in [0, 0.1) is 0 Å². The largest absolute Gasteiger partial charge is 0.352 e. The fraction of sp³-hybridized carbons (Fsp3) is 0.355. The first-order chi connectivity index (χ1) is 17.2. The van der Waals surface area contributed by atoms with E-state index in [9.17, 15) is 9.59 Å². The number of amides is 2. The summed E-state index contributed by atoms with van der Waals surface area (Å²) in [5.41, 5.74) is 4.43. The number of hydrogen-bond acceptors (Lipinski definition) is 2. The highest BCUT2D eigenvalue weighted by atomic mass is 79.9. The molecule has 0 aromatic heterocycles. The Morgan fingerprint density at radius 3 is 2.00 bits per heavy atom. The van der Waals surface area contributed by atoms with Crippen LogP contribution in [-0.4, -0.2) is 28.8 Å². The van der Waals surface area contributed by atoms with E-state index in [1.807, 2.05) is 68.4 Å². The van der Waals surface area contributed by atoms with Gasteiger partial charge in [-0.3, -0.25) is 9.59 Å². The zero-order valence-electron chi connectivity index (χ0n) is 21.7. The average Bonchev–Trinajstić information content (AvgIpc) is 2.86. The van der Waals surface area contributed by atoms with Crippen molar-refractivity contribution in [3.05, 3.63) is 106 Å². The molecule has 0 aliphatic heterocycles. The molecular formula is C31H37BrN2O2. The molecule has 5 heteroatoms. The van der Waals surface area contributed by atoms with Gasteiger partial charge in [0.25, 0.3) is 0 Å². The number of carbonyl (C=O) groups is 2. The number of halogens is 1. The maximum atomic E-state index is 13.7. The number of aryl methyl sites for hydroxylation is 1. The Hall–Kier alpha value is -2.92. The molecule has 0 saturated carbocycles. The highest BCUT2D eigenvalue weighted by molar-refractivity contribution is 9.10. The normalized spacial score (nSPS) is 12.0. The second-order valence-corrected chi connectivity index (χ2v) is 10.8. The summed E-state index contributed by atoms with van der Waals surface area (Å²) in [6.45, 7) is 8.61. The van der Waals surface area contributed by atoms with Gasteiger partial charge in [0.2, 0.25) is 11.8 Å². The van der Waals surface area contributed by atoms with Crippen LogP contribution < -0.4 is 5.32 Å². The van der Waals surface area contributed by atoms with E-state index in [1.165, 1.54) is 5.56 Å². The SMILES string of the molecule is CC(C)NC(=O)[C@@H](Cc1ccccc1)N(Cc1ccc(Br)cc1)C(=O)CCc1ccc(C(C)C)cc1. The van der Waals surface area contributed by atoms with E-state index in [1.54, 1.807) is 4.90 Å². The first-order valence-electron chi connectivity index (χ1n) is 12.7. The Morgan fingerprint density at radius 1 is 0.806 bits per heavy atom. The molecule has 0 aliphatic rings. The highest BCUT2D eigenvalue weighted by Gasteiger charge is 2.30. The summed E-state index contributed by atoms with van der Waals surface area (Å²) in [4.78, 5) is 28.9. The Labute approximate surface area is 224 Å². The van der Waals surface area contributed by atoms with Gasteiger partial charge in [0, 0.05) is 29.9 Å². The van der Waals surface area contributed by atoms with Crippen molar-refractivity contribution in [3.8, 4) is 0 Å². The Kier molecular flexibility index (Phi) is 10.3. The van der Waals surface area contributed by atoms with Crippen LogP contribution in [0.5, 0.6) is 0 Å². The number of benzene rings is 3. The minimum absolute atomic E-state index is 0.0140. The summed E-state index contributed by atoms with van der Waals surface area (Å²) in [5, 5.41) is 3.04. The van der Waals surface area contributed by atoms with E-state index in [4.69, 9.17) is 0 Å². The number of rotatable bonds is 11. The maximum Gasteiger partial charge on any atom is 0.243 e. The zero-order valence-corrected chi connectivity index (χ0v) is 23.3. The number of carbonyl (C=O) groups excluding carboxylic acids is 2. The third kappa shape index (κ3) is 8.34. The van der Waals surface area contributed by atoms with Crippen molar-refractivity contribution in [2.75, 3.05) is 0 Å². The Bertz CT molecular complexity index is 1110. The summed E-state index contributed by atoms with van der Waals surface area (Å²) >= 11 is 3.48. The van der Waals surface area contributed by atoms with Gasteiger partial charge in [0.1, 0.15) is 6.04 Å². The van der Waals surface area contributed by atoms with E-state index >= 15 is 0 Å². The molecule has 0 fully saturated rings. The van der Waals surface area contributed by atoms with Gasteiger partial charge in [0.15, 0.2) is 0 Å². The smallest absolute Gasteiger partial charge is 0.243 e. The van der Waals surface area contributed by atoms with Crippen molar-refractivity contribution in [1.29, 1.82) is 0 Å². The van der Waals surface area contributed by atoms with Gasteiger partial charge in [-0.1, -0.05) is 96.5 Å². The highest BCUT2D eigenvalue weighted by Crippen LogP contribution is 2.20. The predicted octanol–water partition coefficient (Wildman–Crippen LogP) is 6.67. The van der Waals surface area contributed by atoms with Crippen LogP contribution in [0.2, 0.25) is 0 Å². The second-order valence-electron chi connectivity index (χ2n) is 9.91. The van der Waals surface area contributed by atoms with Crippen LogP contribution >= 0.6 is 15.9 Å². The molecule has 2 amide bonds. The summed E-state index contributed by atoms with van der Waals surface area (Å²) in [6, 6.07) is 25.7. The standard InChI is InChI=1S/C31H37BrN2O2/c1-22(2)27-15-10-24(11-16-27)14-19-30(35)34(21-26-12-17-28(32)18-13-26)29(31(36)33-23(3)4)20-25-8-6-5-7-9-25/h5-13,15-18,22-23,29H,14,19-21H2,1-4H3,(H,33,36)/t29-/m1/s1. The predicted molar refractivity (Wildman–Crippen MR) is 151 cm³/mol. The lowest BCUT2D eigenvalue weighted by molar-refractivity contribution is -0.141. The average molecular weight is 550 g/mol. The topological polar surface area (TPSA) is 49.4 Å². The first-order valence-corrected chi connectivity index (χ1v) is 13.5. The molecule has 1 N–H and O–H groups in total. The quantitative estimate of drug-likeness (QED) is 0.291. The molecule has 3 aromatic carbocycles. The minimum Gasteiger partial charge on any atom is -0.352 e. The van der Waals surface area contributed by atoms with Crippen molar-refractivity contribution in [3.63, 3.8) is 0 Å². The second kappa shape index (κ2) is 13.4. The van der Waals surface area contributed by atoms with E-state index in [0.29, 0.717) is 31.7 Å². The van der Waals surface area contributed by atoms with Crippen LogP contribution in [0.3, 0.4) is 0 Å². The molecule has 0 saturated heterocycles. The molecule has 0 aliphatic carbocycles. The molecular weight excluding hydrogens is 512 g/mol. The lowest BCUT2D eigenvalue weighted by Crippen LogP contribution is -2.51. The van der Waals surface area contributed by atoms with Crippen LogP contribution in [0.25, 0.3) is 0 Å². The van der Waals surface area contributed by atoms with E-state index in [2.05, 4.69) is 59.4 Å². The third-order valence-corrected chi connectivity index (χ3v) is 6.77. The molecule has 3 aromatic rings.